The molecule has 0 aliphatic carbocycles. The molecule has 2 rings (SSSR count). The molecule has 5 heteroatoms. The highest BCUT2D eigenvalue weighted by atomic mass is 16.2. The number of hydrogen-bond acceptors (Lipinski definition) is 3. The molecule has 2 heterocycles. The molecule has 0 bridgehead atoms. The Hall–Kier alpha value is -1.36. The van der Waals surface area contributed by atoms with Gasteiger partial charge in [-0.3, -0.25) is 4.79 Å². The van der Waals surface area contributed by atoms with E-state index in [4.69, 9.17) is 0 Å². The van der Waals surface area contributed by atoms with Gasteiger partial charge in [0.05, 0.1) is 12.5 Å². The molecule has 1 atom stereocenters. The van der Waals surface area contributed by atoms with Gasteiger partial charge in [-0.25, -0.2) is 4.98 Å². The zero-order valence-corrected chi connectivity index (χ0v) is 12.2. The van der Waals surface area contributed by atoms with Gasteiger partial charge in [-0.05, 0) is 39.3 Å². The number of rotatable bonds is 5. The van der Waals surface area contributed by atoms with E-state index in [0.29, 0.717) is 11.7 Å². The second-order valence-electron chi connectivity index (χ2n) is 5.50. The first-order valence-electron chi connectivity index (χ1n) is 7.05. The Kier molecular flexibility index (Phi) is 4.58. The number of imidazole rings is 1. The van der Waals surface area contributed by atoms with Crippen molar-refractivity contribution in [1.82, 2.24) is 19.4 Å². The van der Waals surface area contributed by atoms with Crippen molar-refractivity contribution in [3.63, 3.8) is 0 Å². The molecule has 1 aliphatic heterocycles. The maximum Gasteiger partial charge on any atom is 0.271 e. The van der Waals surface area contributed by atoms with E-state index in [-0.39, 0.29) is 5.91 Å². The summed E-state index contributed by atoms with van der Waals surface area (Å²) in [4.78, 5) is 20.5. The third-order valence-corrected chi connectivity index (χ3v) is 4.03. The maximum atomic E-state index is 12.2. The van der Waals surface area contributed by atoms with Crippen molar-refractivity contribution in [1.29, 1.82) is 0 Å². The molecule has 1 aromatic heterocycles. The Morgan fingerprint density at radius 1 is 1.47 bits per heavy atom. The van der Waals surface area contributed by atoms with Gasteiger partial charge in [-0.15, -0.1) is 0 Å². The van der Waals surface area contributed by atoms with E-state index < -0.39 is 0 Å². The first kappa shape index (κ1) is 14.1. The average Bonchev–Trinajstić information content (AvgIpc) is 3.05. The molecule has 106 valence electrons. The zero-order chi connectivity index (χ0) is 13.8. The number of carbonyl (C=O) groups excluding carboxylic acids is 1. The molecule has 1 fully saturated rings. The van der Waals surface area contributed by atoms with E-state index in [9.17, 15) is 4.79 Å². The highest BCUT2D eigenvalue weighted by Crippen LogP contribution is 2.14. The SMILES string of the molecule is CC(CCN(C)C(=O)c1cncn1C)N1CCCC1. The van der Waals surface area contributed by atoms with E-state index >= 15 is 0 Å². The molecule has 0 radical (unpaired) electrons. The normalized spacial score (nSPS) is 17.6. The van der Waals surface area contributed by atoms with Gasteiger partial charge in [0.15, 0.2) is 0 Å². The fraction of sp³-hybridized carbons (Fsp3) is 0.714. The summed E-state index contributed by atoms with van der Waals surface area (Å²) in [5.41, 5.74) is 0.649. The topological polar surface area (TPSA) is 41.4 Å². The molecule has 1 aromatic rings. The van der Waals surface area contributed by atoms with E-state index in [1.807, 2.05) is 14.1 Å². The van der Waals surface area contributed by atoms with Crippen LogP contribution < -0.4 is 0 Å². The Bertz CT molecular complexity index is 423. The van der Waals surface area contributed by atoms with Crippen LogP contribution in [0.3, 0.4) is 0 Å². The van der Waals surface area contributed by atoms with E-state index in [0.717, 1.165) is 13.0 Å². The number of hydrogen-bond donors (Lipinski definition) is 0. The van der Waals surface area contributed by atoms with Crippen LogP contribution in [0.1, 0.15) is 36.7 Å². The molecule has 0 N–H and O–H groups in total. The smallest absolute Gasteiger partial charge is 0.271 e. The number of aryl methyl sites for hydroxylation is 1. The van der Waals surface area contributed by atoms with Gasteiger partial charge in [-0.1, -0.05) is 0 Å². The van der Waals surface area contributed by atoms with Crippen molar-refractivity contribution >= 4 is 5.91 Å². The lowest BCUT2D eigenvalue weighted by molar-refractivity contribution is 0.0772. The summed E-state index contributed by atoms with van der Waals surface area (Å²) in [5, 5.41) is 0. The van der Waals surface area contributed by atoms with Gasteiger partial charge in [0, 0.05) is 26.7 Å². The first-order chi connectivity index (χ1) is 9.09. The van der Waals surface area contributed by atoms with Crippen LogP contribution in [-0.2, 0) is 7.05 Å². The molecule has 0 saturated carbocycles. The number of likely N-dealkylation sites (tertiary alicyclic amines) is 1. The minimum absolute atomic E-state index is 0.0496. The van der Waals surface area contributed by atoms with E-state index in [1.165, 1.54) is 25.9 Å². The lowest BCUT2D eigenvalue weighted by atomic mass is 10.2. The van der Waals surface area contributed by atoms with Crippen LogP contribution in [0.25, 0.3) is 0 Å². The lowest BCUT2D eigenvalue weighted by Crippen LogP contribution is -2.36. The molecule has 19 heavy (non-hydrogen) atoms. The molecule has 5 nitrogen and oxygen atoms in total. The molecular formula is C14H24N4O. The summed E-state index contributed by atoms with van der Waals surface area (Å²) in [6.07, 6.45) is 6.94. The lowest BCUT2D eigenvalue weighted by Gasteiger charge is -2.26. The summed E-state index contributed by atoms with van der Waals surface area (Å²) in [6.45, 7) is 5.47. The summed E-state index contributed by atoms with van der Waals surface area (Å²) in [6, 6.07) is 0.560. The Balaban J connectivity index is 1.82. The fourth-order valence-corrected chi connectivity index (χ4v) is 2.61. The molecular weight excluding hydrogens is 240 g/mol. The molecule has 1 amide bonds. The third kappa shape index (κ3) is 3.35. The highest BCUT2D eigenvalue weighted by Gasteiger charge is 2.20. The number of carbonyl (C=O) groups is 1. The van der Waals surface area contributed by atoms with Gasteiger partial charge >= 0.3 is 0 Å². The molecule has 1 unspecified atom stereocenters. The minimum atomic E-state index is 0.0496. The van der Waals surface area contributed by atoms with Crippen LogP contribution >= 0.6 is 0 Å². The van der Waals surface area contributed by atoms with E-state index in [2.05, 4.69) is 16.8 Å². The van der Waals surface area contributed by atoms with Gasteiger partial charge in [0.1, 0.15) is 5.69 Å². The Morgan fingerprint density at radius 2 is 2.16 bits per heavy atom. The monoisotopic (exact) mass is 264 g/mol. The highest BCUT2D eigenvalue weighted by molar-refractivity contribution is 5.92. The van der Waals surface area contributed by atoms with Crippen molar-refractivity contribution in [3.8, 4) is 0 Å². The van der Waals surface area contributed by atoms with Crippen molar-refractivity contribution in [2.24, 2.45) is 7.05 Å². The summed E-state index contributed by atoms with van der Waals surface area (Å²) in [7, 11) is 3.72. The van der Waals surface area contributed by atoms with Crippen LogP contribution in [0.2, 0.25) is 0 Å². The van der Waals surface area contributed by atoms with Crippen LogP contribution in [0, 0.1) is 0 Å². The van der Waals surface area contributed by atoms with Crippen LogP contribution in [-0.4, -0.2) is 58.0 Å². The summed E-state index contributed by atoms with van der Waals surface area (Å²) >= 11 is 0. The van der Waals surface area contributed by atoms with Crippen LogP contribution in [0.4, 0.5) is 0 Å². The number of amides is 1. The van der Waals surface area contributed by atoms with Crippen LogP contribution in [0.15, 0.2) is 12.5 Å². The van der Waals surface area contributed by atoms with Crippen molar-refractivity contribution < 1.29 is 4.79 Å². The quantitative estimate of drug-likeness (QED) is 0.806. The second kappa shape index (κ2) is 6.19. The summed E-state index contributed by atoms with van der Waals surface area (Å²) in [5.74, 6) is 0.0496. The fourth-order valence-electron chi connectivity index (χ4n) is 2.61. The maximum absolute atomic E-state index is 12.2. The predicted octanol–water partition coefficient (Wildman–Crippen LogP) is 1.37. The van der Waals surface area contributed by atoms with Crippen molar-refractivity contribution in [2.75, 3.05) is 26.7 Å². The second-order valence-corrected chi connectivity index (χ2v) is 5.50. The Labute approximate surface area is 115 Å². The third-order valence-electron chi connectivity index (χ3n) is 4.03. The molecule has 0 aromatic carbocycles. The summed E-state index contributed by atoms with van der Waals surface area (Å²) < 4.78 is 1.77. The molecule has 1 aliphatic rings. The molecule has 1 saturated heterocycles. The average molecular weight is 264 g/mol. The standard InChI is InChI=1S/C14H24N4O/c1-12(18-7-4-5-8-18)6-9-16(2)14(19)13-10-15-11-17(13)3/h10-12H,4-9H2,1-3H3. The first-order valence-corrected chi connectivity index (χ1v) is 7.05. The zero-order valence-electron chi connectivity index (χ0n) is 12.2. The van der Waals surface area contributed by atoms with Gasteiger partial charge < -0.3 is 14.4 Å². The van der Waals surface area contributed by atoms with Gasteiger partial charge in [0.2, 0.25) is 0 Å². The molecule has 0 spiro atoms. The van der Waals surface area contributed by atoms with Crippen LogP contribution in [0.5, 0.6) is 0 Å². The van der Waals surface area contributed by atoms with Gasteiger partial charge in [0.25, 0.3) is 5.91 Å². The predicted molar refractivity (Wildman–Crippen MR) is 75.1 cm³/mol. The number of aromatic nitrogens is 2. The number of nitrogens with zero attached hydrogens (tertiary/aromatic N) is 4. The van der Waals surface area contributed by atoms with Crippen molar-refractivity contribution in [2.45, 2.75) is 32.2 Å². The van der Waals surface area contributed by atoms with Gasteiger partial charge in [-0.2, -0.15) is 0 Å². The Morgan fingerprint density at radius 3 is 2.74 bits per heavy atom. The largest absolute Gasteiger partial charge is 0.340 e. The minimum Gasteiger partial charge on any atom is -0.340 e. The van der Waals surface area contributed by atoms with E-state index in [1.54, 1.807) is 22.0 Å². The van der Waals surface area contributed by atoms with Crippen molar-refractivity contribution in [3.05, 3.63) is 18.2 Å².